The molecule has 270 valence electrons. The number of fused-ring (bicyclic) bond motifs is 1. The van der Waals surface area contributed by atoms with Crippen LogP contribution in [0.2, 0.25) is 0 Å². The summed E-state index contributed by atoms with van der Waals surface area (Å²) in [5, 5.41) is 28.6. The van der Waals surface area contributed by atoms with Crippen molar-refractivity contribution in [1.82, 2.24) is 20.4 Å². The van der Waals surface area contributed by atoms with Gasteiger partial charge in [-0.3, -0.25) is 9.69 Å². The second-order valence-electron chi connectivity index (χ2n) is 14.7. The number of hydrogen-bond acceptors (Lipinski definition) is 8. The van der Waals surface area contributed by atoms with Crippen molar-refractivity contribution in [2.24, 2.45) is 5.92 Å². The summed E-state index contributed by atoms with van der Waals surface area (Å²) < 4.78 is 11.6. The first-order chi connectivity index (χ1) is 23.9. The van der Waals surface area contributed by atoms with E-state index in [0.717, 1.165) is 60.7 Å². The molecule has 1 aliphatic heterocycles. The fourth-order valence-corrected chi connectivity index (χ4v) is 6.74. The van der Waals surface area contributed by atoms with Crippen LogP contribution < -0.4 is 15.4 Å². The van der Waals surface area contributed by atoms with Crippen LogP contribution in [0.4, 0.5) is 4.79 Å². The Morgan fingerprint density at radius 3 is 2.26 bits per heavy atom. The second-order valence-corrected chi connectivity index (χ2v) is 14.7. The first-order valence-corrected chi connectivity index (χ1v) is 17.8. The lowest BCUT2D eigenvalue weighted by atomic mass is 9.88. The lowest BCUT2D eigenvalue weighted by Crippen LogP contribution is -2.48. The molecule has 0 radical (unpaired) electrons. The van der Waals surface area contributed by atoms with Crippen LogP contribution in [0.5, 0.6) is 5.75 Å². The molecule has 50 heavy (non-hydrogen) atoms. The number of alkyl carbamates (subject to hydrolysis) is 1. The van der Waals surface area contributed by atoms with Crippen molar-refractivity contribution >= 4 is 12.0 Å². The Balaban J connectivity index is 1.30. The summed E-state index contributed by atoms with van der Waals surface area (Å²) in [5.41, 5.74) is 3.04. The SMILES string of the molecule is CN1CCN(CCOc2ccc(C[C@H](C[C@H](O)[C@H](Cc3ccccc3)NC(=O)OC(C)(C)C)C(=O)N[C@H]3c4ccccc4C[C@H]3O)cc2)CC1. The number of nitrogens with one attached hydrogen (secondary N) is 2. The topological polar surface area (TPSA) is 124 Å². The van der Waals surface area contributed by atoms with Crippen molar-refractivity contribution in [3.8, 4) is 5.75 Å². The summed E-state index contributed by atoms with van der Waals surface area (Å²) in [6.45, 7) is 11.0. The van der Waals surface area contributed by atoms with E-state index in [2.05, 4.69) is 27.5 Å². The summed E-state index contributed by atoms with van der Waals surface area (Å²) in [6.07, 6.45) is -1.21. The average molecular weight is 687 g/mol. The Hall–Kier alpha value is -3.96. The maximum atomic E-state index is 14.1. The Morgan fingerprint density at radius 2 is 1.56 bits per heavy atom. The number of carbonyl (C=O) groups is 2. The van der Waals surface area contributed by atoms with Gasteiger partial charge in [-0.2, -0.15) is 0 Å². The van der Waals surface area contributed by atoms with Gasteiger partial charge in [0, 0.05) is 45.1 Å². The number of benzene rings is 3. The second kappa shape index (κ2) is 17.3. The minimum Gasteiger partial charge on any atom is -0.492 e. The van der Waals surface area contributed by atoms with Gasteiger partial charge in [0.15, 0.2) is 0 Å². The average Bonchev–Trinajstić information content (AvgIpc) is 3.39. The maximum Gasteiger partial charge on any atom is 0.407 e. The van der Waals surface area contributed by atoms with Crippen molar-refractivity contribution in [3.05, 3.63) is 101 Å². The molecule has 5 rings (SSSR count). The number of aliphatic hydroxyl groups is 2. The van der Waals surface area contributed by atoms with Crippen LogP contribution in [0.3, 0.4) is 0 Å². The van der Waals surface area contributed by atoms with Gasteiger partial charge in [-0.05, 0) is 81.5 Å². The van der Waals surface area contributed by atoms with E-state index in [1.54, 1.807) is 20.8 Å². The Morgan fingerprint density at radius 1 is 0.900 bits per heavy atom. The molecule has 0 spiro atoms. The minimum atomic E-state index is -1.07. The first kappa shape index (κ1) is 37.3. The predicted molar refractivity (Wildman–Crippen MR) is 194 cm³/mol. The number of amides is 2. The van der Waals surface area contributed by atoms with Gasteiger partial charge in [-0.25, -0.2) is 4.79 Å². The lowest BCUT2D eigenvalue weighted by Gasteiger charge is -2.32. The zero-order valence-corrected chi connectivity index (χ0v) is 29.9. The number of carbonyl (C=O) groups excluding carboxylic acids is 2. The molecule has 1 heterocycles. The largest absolute Gasteiger partial charge is 0.492 e. The zero-order valence-electron chi connectivity index (χ0n) is 29.9. The number of likely N-dealkylation sites (N-methyl/N-ethyl adjacent to an activating group) is 1. The third-order valence-corrected chi connectivity index (χ3v) is 9.54. The Labute approximate surface area is 296 Å². The van der Waals surface area contributed by atoms with Gasteiger partial charge in [-0.1, -0.05) is 66.7 Å². The van der Waals surface area contributed by atoms with Crippen LogP contribution in [0.1, 0.15) is 55.5 Å². The quantitative estimate of drug-likeness (QED) is 0.200. The molecule has 1 fully saturated rings. The molecule has 0 saturated carbocycles. The van der Waals surface area contributed by atoms with Crippen molar-refractivity contribution in [2.45, 2.75) is 76.3 Å². The molecular formula is C40H54N4O6. The summed E-state index contributed by atoms with van der Waals surface area (Å²) in [6, 6.07) is 23.8. The van der Waals surface area contributed by atoms with E-state index in [-0.39, 0.29) is 12.3 Å². The van der Waals surface area contributed by atoms with Crippen LogP contribution in [-0.4, -0.2) is 102 Å². The monoisotopic (exact) mass is 686 g/mol. The van der Waals surface area contributed by atoms with Gasteiger partial charge < -0.3 is 35.2 Å². The molecule has 1 saturated heterocycles. The molecule has 2 amide bonds. The molecule has 3 aromatic rings. The molecular weight excluding hydrogens is 632 g/mol. The molecule has 0 unspecified atom stereocenters. The molecule has 1 aliphatic carbocycles. The highest BCUT2D eigenvalue weighted by Crippen LogP contribution is 2.32. The normalized spacial score (nSPS) is 20.0. The number of nitrogens with zero attached hydrogens (tertiary/aromatic N) is 2. The van der Waals surface area contributed by atoms with Crippen LogP contribution in [0.25, 0.3) is 0 Å². The van der Waals surface area contributed by atoms with Gasteiger partial charge in [0.1, 0.15) is 18.0 Å². The first-order valence-electron chi connectivity index (χ1n) is 17.8. The van der Waals surface area contributed by atoms with E-state index in [0.29, 0.717) is 25.9 Å². The van der Waals surface area contributed by atoms with E-state index >= 15 is 0 Å². The Kier molecular flexibility index (Phi) is 12.9. The molecule has 5 atom stereocenters. The van der Waals surface area contributed by atoms with Crippen LogP contribution in [0, 0.1) is 5.92 Å². The molecule has 10 nitrogen and oxygen atoms in total. The van der Waals surface area contributed by atoms with Crippen molar-refractivity contribution in [2.75, 3.05) is 46.4 Å². The number of piperazine rings is 1. The van der Waals surface area contributed by atoms with Crippen LogP contribution in [-0.2, 0) is 28.8 Å². The fourth-order valence-electron chi connectivity index (χ4n) is 6.74. The smallest absolute Gasteiger partial charge is 0.407 e. The standard InChI is InChI=1S/C40H54N4O6/c1-40(2,3)50-39(48)41-34(25-28-10-6-5-7-11-28)35(45)27-31(38(47)42-37-33-13-9-8-12-30(33)26-36(37)46)24-29-14-16-32(17-15-29)49-23-22-44-20-18-43(4)19-21-44/h5-17,31,34-37,45-46H,18-27H2,1-4H3,(H,41,48)(H,42,47)/t31-,34+,35+,36-,37+/m1/s1. The summed E-state index contributed by atoms with van der Waals surface area (Å²) in [7, 11) is 2.14. The van der Waals surface area contributed by atoms with E-state index in [1.807, 2.05) is 78.9 Å². The highest BCUT2D eigenvalue weighted by Gasteiger charge is 2.35. The third-order valence-electron chi connectivity index (χ3n) is 9.54. The van der Waals surface area contributed by atoms with Gasteiger partial charge >= 0.3 is 6.09 Å². The van der Waals surface area contributed by atoms with Crippen LogP contribution in [0.15, 0.2) is 78.9 Å². The van der Waals surface area contributed by atoms with Gasteiger partial charge in [0.2, 0.25) is 5.91 Å². The van der Waals surface area contributed by atoms with Gasteiger partial charge in [0.25, 0.3) is 0 Å². The van der Waals surface area contributed by atoms with E-state index in [4.69, 9.17) is 9.47 Å². The van der Waals surface area contributed by atoms with E-state index in [1.165, 1.54) is 0 Å². The molecule has 2 aliphatic rings. The summed E-state index contributed by atoms with van der Waals surface area (Å²) >= 11 is 0. The molecule has 4 N–H and O–H groups in total. The molecule has 0 aromatic heterocycles. The summed E-state index contributed by atoms with van der Waals surface area (Å²) in [4.78, 5) is 31.7. The number of aliphatic hydroxyl groups excluding tert-OH is 2. The Bertz CT molecular complexity index is 1520. The molecule has 10 heteroatoms. The van der Waals surface area contributed by atoms with Gasteiger partial charge in [0.05, 0.1) is 24.3 Å². The van der Waals surface area contributed by atoms with Crippen molar-refractivity contribution < 1.29 is 29.3 Å². The maximum absolute atomic E-state index is 14.1. The van der Waals surface area contributed by atoms with E-state index < -0.39 is 41.9 Å². The number of ether oxygens (including phenoxy) is 2. The van der Waals surface area contributed by atoms with Crippen molar-refractivity contribution in [1.29, 1.82) is 0 Å². The molecule has 0 bridgehead atoms. The highest BCUT2D eigenvalue weighted by atomic mass is 16.6. The van der Waals surface area contributed by atoms with Crippen LogP contribution >= 0.6 is 0 Å². The lowest BCUT2D eigenvalue weighted by molar-refractivity contribution is -0.127. The number of hydrogen-bond donors (Lipinski definition) is 4. The third kappa shape index (κ3) is 11.0. The predicted octanol–water partition coefficient (Wildman–Crippen LogP) is 4.13. The van der Waals surface area contributed by atoms with Crippen molar-refractivity contribution in [3.63, 3.8) is 0 Å². The zero-order chi connectivity index (χ0) is 35.7. The minimum absolute atomic E-state index is 0.0763. The number of rotatable bonds is 14. The fraction of sp³-hybridized carbons (Fsp3) is 0.500. The highest BCUT2D eigenvalue weighted by molar-refractivity contribution is 5.80. The summed E-state index contributed by atoms with van der Waals surface area (Å²) in [5.74, 6) is -0.167. The molecule has 3 aromatic carbocycles. The van der Waals surface area contributed by atoms with E-state index in [9.17, 15) is 19.8 Å². The van der Waals surface area contributed by atoms with Gasteiger partial charge in [-0.15, -0.1) is 0 Å².